The van der Waals surface area contributed by atoms with Crippen molar-refractivity contribution in [2.75, 3.05) is 26.2 Å². The second-order valence-electron chi connectivity index (χ2n) is 11.6. The maximum atomic E-state index is 15.3. The molecular formula is C24H39F2N3O6. The lowest BCUT2D eigenvalue weighted by atomic mass is 9.89. The minimum atomic E-state index is -3.33. The van der Waals surface area contributed by atoms with Gasteiger partial charge in [0, 0.05) is 6.54 Å². The second-order valence-corrected chi connectivity index (χ2v) is 11.6. The molecule has 0 N–H and O–H groups in total. The number of rotatable bonds is 6. The molecule has 2 amide bonds. The van der Waals surface area contributed by atoms with Crippen molar-refractivity contribution >= 4 is 18.2 Å². The molecule has 2 aliphatic rings. The summed E-state index contributed by atoms with van der Waals surface area (Å²) in [6, 6.07) is -2.49. The quantitative estimate of drug-likeness (QED) is 0.305. The average Bonchev–Trinajstić information content (AvgIpc) is 3.17. The number of halogens is 2. The Labute approximate surface area is 206 Å². The summed E-state index contributed by atoms with van der Waals surface area (Å²) in [5, 5.41) is 2.34. The SMILES string of the molecule is C=CCOC(=O)C(C)(C)CCN1[C@H]2[C@@H](CN1C(=O)OC(C)(C)C)N(C(=O)OC(C)(C)C)CC2(F)F. The number of likely N-dealkylation sites (tertiary alicyclic amines) is 1. The second kappa shape index (κ2) is 9.91. The molecule has 200 valence electrons. The van der Waals surface area contributed by atoms with Crippen molar-refractivity contribution < 1.29 is 37.4 Å². The molecule has 0 bridgehead atoms. The number of carbonyl (C=O) groups excluding carboxylic acids is 3. The number of hydrogen-bond donors (Lipinski definition) is 0. The molecule has 11 heteroatoms. The molecule has 0 radical (unpaired) electrons. The van der Waals surface area contributed by atoms with Crippen LogP contribution in [0.5, 0.6) is 0 Å². The molecule has 0 spiro atoms. The van der Waals surface area contributed by atoms with E-state index in [1.165, 1.54) is 11.1 Å². The topological polar surface area (TPSA) is 88.6 Å². The summed E-state index contributed by atoms with van der Waals surface area (Å²) in [6.45, 7) is 15.7. The van der Waals surface area contributed by atoms with Crippen molar-refractivity contribution in [2.45, 2.75) is 91.0 Å². The van der Waals surface area contributed by atoms with Crippen molar-refractivity contribution in [3.63, 3.8) is 0 Å². The van der Waals surface area contributed by atoms with E-state index in [0.717, 1.165) is 9.91 Å². The van der Waals surface area contributed by atoms with Gasteiger partial charge in [-0.2, -0.15) is 0 Å². The molecule has 2 rings (SSSR count). The molecule has 2 atom stereocenters. The number of nitrogens with zero attached hydrogens (tertiary/aromatic N) is 3. The number of hydrogen-bond acceptors (Lipinski definition) is 7. The van der Waals surface area contributed by atoms with Crippen molar-refractivity contribution in [3.05, 3.63) is 12.7 Å². The van der Waals surface area contributed by atoms with Crippen LogP contribution in [-0.2, 0) is 19.0 Å². The van der Waals surface area contributed by atoms with E-state index in [1.54, 1.807) is 55.4 Å². The number of ether oxygens (including phenoxy) is 3. The van der Waals surface area contributed by atoms with Gasteiger partial charge in [0.15, 0.2) is 0 Å². The summed E-state index contributed by atoms with van der Waals surface area (Å²) < 4.78 is 46.6. The van der Waals surface area contributed by atoms with Crippen LogP contribution in [0.2, 0.25) is 0 Å². The Bertz CT molecular complexity index is 834. The third-order valence-corrected chi connectivity index (χ3v) is 5.65. The smallest absolute Gasteiger partial charge is 0.425 e. The zero-order valence-corrected chi connectivity index (χ0v) is 22.0. The normalized spacial score (nSPS) is 22.6. The van der Waals surface area contributed by atoms with Gasteiger partial charge in [0.25, 0.3) is 5.92 Å². The average molecular weight is 504 g/mol. The zero-order chi connectivity index (χ0) is 27.0. The van der Waals surface area contributed by atoms with E-state index in [9.17, 15) is 14.4 Å². The summed E-state index contributed by atoms with van der Waals surface area (Å²) in [4.78, 5) is 39.2. The van der Waals surface area contributed by atoms with Gasteiger partial charge < -0.3 is 14.2 Å². The predicted octanol–water partition coefficient (Wildman–Crippen LogP) is 4.22. The molecule has 35 heavy (non-hydrogen) atoms. The van der Waals surface area contributed by atoms with E-state index in [-0.39, 0.29) is 26.1 Å². The van der Waals surface area contributed by atoms with Crippen molar-refractivity contribution in [1.82, 2.24) is 14.9 Å². The van der Waals surface area contributed by atoms with Crippen LogP contribution in [0, 0.1) is 5.41 Å². The van der Waals surface area contributed by atoms with Gasteiger partial charge in [0.05, 0.1) is 24.5 Å². The van der Waals surface area contributed by atoms with Gasteiger partial charge in [-0.3, -0.25) is 9.69 Å². The number of fused-ring (bicyclic) bond motifs is 1. The lowest BCUT2D eigenvalue weighted by Gasteiger charge is -2.36. The number of alkyl halides is 2. The number of esters is 1. The van der Waals surface area contributed by atoms with Gasteiger partial charge >= 0.3 is 18.2 Å². The molecule has 0 aromatic heterocycles. The molecule has 2 saturated heterocycles. The molecule has 2 aliphatic heterocycles. The fourth-order valence-electron chi connectivity index (χ4n) is 4.04. The summed E-state index contributed by atoms with van der Waals surface area (Å²) >= 11 is 0. The Balaban J connectivity index is 2.34. The number of carbonyl (C=O) groups is 3. The summed E-state index contributed by atoms with van der Waals surface area (Å²) in [5.74, 6) is -3.84. The monoisotopic (exact) mass is 503 g/mol. The Hall–Kier alpha value is -2.43. The molecule has 0 aromatic carbocycles. The largest absolute Gasteiger partial charge is 0.461 e. The van der Waals surface area contributed by atoms with Gasteiger partial charge in [-0.1, -0.05) is 12.7 Å². The fraction of sp³-hybridized carbons (Fsp3) is 0.792. The Morgan fingerprint density at radius 1 is 1.00 bits per heavy atom. The van der Waals surface area contributed by atoms with Crippen LogP contribution >= 0.6 is 0 Å². The zero-order valence-electron chi connectivity index (χ0n) is 22.0. The highest BCUT2D eigenvalue weighted by atomic mass is 19.3. The van der Waals surface area contributed by atoms with E-state index in [2.05, 4.69) is 6.58 Å². The predicted molar refractivity (Wildman–Crippen MR) is 125 cm³/mol. The van der Waals surface area contributed by atoms with E-state index in [1.807, 2.05) is 0 Å². The molecule has 2 fully saturated rings. The highest BCUT2D eigenvalue weighted by molar-refractivity contribution is 5.76. The first-order chi connectivity index (χ1) is 15.8. The van der Waals surface area contributed by atoms with E-state index < -0.39 is 59.3 Å². The molecule has 0 aromatic rings. The maximum Gasteiger partial charge on any atom is 0.425 e. The van der Waals surface area contributed by atoms with E-state index in [0.29, 0.717) is 0 Å². The van der Waals surface area contributed by atoms with Gasteiger partial charge in [0.2, 0.25) is 0 Å². The van der Waals surface area contributed by atoms with Crippen LogP contribution in [0.25, 0.3) is 0 Å². The van der Waals surface area contributed by atoms with Gasteiger partial charge in [0.1, 0.15) is 23.9 Å². The van der Waals surface area contributed by atoms with Crippen LogP contribution < -0.4 is 0 Å². The van der Waals surface area contributed by atoms with E-state index >= 15 is 8.78 Å². The lowest BCUT2D eigenvalue weighted by molar-refractivity contribution is -0.154. The van der Waals surface area contributed by atoms with E-state index in [4.69, 9.17) is 14.2 Å². The highest BCUT2D eigenvalue weighted by Crippen LogP contribution is 2.43. The van der Waals surface area contributed by atoms with Crippen molar-refractivity contribution in [1.29, 1.82) is 0 Å². The van der Waals surface area contributed by atoms with Crippen LogP contribution in [0.1, 0.15) is 61.8 Å². The molecule has 2 heterocycles. The maximum absolute atomic E-state index is 15.3. The van der Waals surface area contributed by atoms with Gasteiger partial charge in [-0.05, 0) is 61.8 Å². The van der Waals surface area contributed by atoms with Crippen LogP contribution in [0.3, 0.4) is 0 Å². The first-order valence-corrected chi connectivity index (χ1v) is 11.7. The van der Waals surface area contributed by atoms with Crippen LogP contribution in [-0.4, -0.2) is 88.5 Å². The number of amides is 2. The first kappa shape index (κ1) is 28.8. The standard InChI is InChI=1S/C24H39F2N3O6/c1-10-13-33-18(30)23(8,9)11-12-28-17-16(14-29(28)20(32)35-22(5,6)7)27(15-24(17,25)26)19(31)34-21(2,3)4/h10,16-17H,1,11-15H2,2-9H3/t16-,17+/m1/s1. The third-order valence-electron chi connectivity index (χ3n) is 5.65. The minimum absolute atomic E-state index is 0.0314. The van der Waals surface area contributed by atoms with Crippen LogP contribution in [0.4, 0.5) is 18.4 Å². The summed E-state index contributed by atoms with van der Waals surface area (Å²) in [6.07, 6.45) is -0.121. The Kier molecular flexibility index (Phi) is 8.15. The first-order valence-electron chi connectivity index (χ1n) is 11.7. The van der Waals surface area contributed by atoms with Gasteiger partial charge in [-0.25, -0.2) is 28.4 Å². The Morgan fingerprint density at radius 3 is 2.06 bits per heavy atom. The van der Waals surface area contributed by atoms with Crippen molar-refractivity contribution in [2.24, 2.45) is 5.41 Å². The number of hydrazine groups is 1. The molecule has 0 aliphatic carbocycles. The summed E-state index contributed by atoms with van der Waals surface area (Å²) in [7, 11) is 0. The fourth-order valence-corrected chi connectivity index (χ4v) is 4.04. The summed E-state index contributed by atoms with van der Waals surface area (Å²) in [5.41, 5.74) is -2.75. The van der Waals surface area contributed by atoms with Gasteiger partial charge in [-0.15, -0.1) is 0 Å². The molecule has 9 nitrogen and oxygen atoms in total. The Morgan fingerprint density at radius 2 is 1.54 bits per heavy atom. The molecule has 0 unspecified atom stereocenters. The van der Waals surface area contributed by atoms with Crippen molar-refractivity contribution in [3.8, 4) is 0 Å². The minimum Gasteiger partial charge on any atom is -0.461 e. The third kappa shape index (κ3) is 7.05. The molecular weight excluding hydrogens is 464 g/mol. The highest BCUT2D eigenvalue weighted by Gasteiger charge is 2.64. The van der Waals surface area contributed by atoms with Crippen LogP contribution in [0.15, 0.2) is 12.7 Å². The lowest BCUT2D eigenvalue weighted by Crippen LogP contribution is -2.53. The molecule has 0 saturated carbocycles.